The van der Waals surface area contributed by atoms with Crippen LogP contribution in [0.2, 0.25) is 10.0 Å². The van der Waals surface area contributed by atoms with Gasteiger partial charge in [-0.15, -0.1) is 0 Å². The van der Waals surface area contributed by atoms with Gasteiger partial charge in [-0.05, 0) is 61.4 Å². The molecule has 264 valence electrons. The smallest absolute Gasteiger partial charge is 0.335 e. The van der Waals surface area contributed by atoms with Crippen molar-refractivity contribution in [3.8, 4) is 0 Å². The van der Waals surface area contributed by atoms with Gasteiger partial charge in [-0.25, -0.2) is 9.59 Å². The minimum atomic E-state index is -2.36. The molecule has 20 heteroatoms. The maximum Gasteiger partial charge on any atom is 0.335 e. The van der Waals surface area contributed by atoms with Crippen LogP contribution >= 0.6 is 23.2 Å². The molecule has 0 saturated heterocycles. The number of aliphatic imine (C=N–C) groups is 4. The van der Waals surface area contributed by atoms with Crippen molar-refractivity contribution >= 4 is 70.4 Å². The minimum absolute atomic E-state index is 0.124. The van der Waals surface area contributed by atoms with Gasteiger partial charge >= 0.3 is 11.9 Å². The Labute approximate surface area is 285 Å². The Morgan fingerprint density at radius 3 is 1.21 bits per heavy atom. The molecule has 2 aromatic rings. The third-order valence-corrected chi connectivity index (χ3v) is 6.32. The van der Waals surface area contributed by atoms with Crippen molar-refractivity contribution in [1.29, 1.82) is 0 Å². The highest BCUT2D eigenvalue weighted by Crippen LogP contribution is 2.14. The Bertz CT molecular complexity index is 1320. The van der Waals surface area contributed by atoms with E-state index in [-0.39, 0.29) is 23.8 Å². The van der Waals surface area contributed by atoms with Gasteiger partial charge in [-0.3, -0.25) is 9.98 Å². The van der Waals surface area contributed by atoms with Crippen molar-refractivity contribution in [1.82, 2.24) is 0 Å². The Balaban J connectivity index is 0.000000692. The van der Waals surface area contributed by atoms with Crippen LogP contribution in [0, 0.1) is 0 Å². The molecule has 0 aliphatic heterocycles. The molecule has 2 rings (SSSR count). The summed E-state index contributed by atoms with van der Waals surface area (Å²) in [6, 6.07) is 14.1. The molecule has 48 heavy (non-hydrogen) atoms. The molecule has 0 amide bonds. The van der Waals surface area contributed by atoms with Crippen LogP contribution in [0.5, 0.6) is 0 Å². The van der Waals surface area contributed by atoms with Crippen LogP contribution in [-0.2, 0) is 9.59 Å². The second-order valence-electron chi connectivity index (χ2n) is 9.70. The molecule has 4 unspecified atom stereocenters. The molecule has 0 aromatic heterocycles. The molecular weight excluding hydrogens is 675 g/mol. The molecule has 4 atom stereocenters. The highest BCUT2D eigenvalue weighted by Gasteiger charge is 2.37. The molecule has 0 radical (unpaired) electrons. The van der Waals surface area contributed by atoms with Crippen LogP contribution in [0.15, 0.2) is 68.5 Å². The lowest BCUT2D eigenvalue weighted by molar-refractivity contribution is -0.172. The SMILES string of the molecule is NC(=NCCCCCCN=C(N)/N=C(\N)Nc1ccc(Cl)cc1)/N=C(\N)Nc1ccc(Cl)cc1.O=C(O)C(O)C(O)C(O)C(O)C(=O)O. The van der Waals surface area contributed by atoms with Crippen LogP contribution in [0.1, 0.15) is 25.7 Å². The average molecular weight is 716 g/mol. The number of nitrogens with one attached hydrogen (secondary N) is 2. The average Bonchev–Trinajstić information content (AvgIpc) is 3.03. The van der Waals surface area contributed by atoms with E-state index >= 15 is 0 Å². The predicted molar refractivity (Wildman–Crippen MR) is 184 cm³/mol. The van der Waals surface area contributed by atoms with E-state index < -0.39 is 36.4 Å². The number of nitrogens with two attached hydrogens (primary N) is 4. The van der Waals surface area contributed by atoms with Gasteiger partial charge < -0.3 is 64.2 Å². The first-order valence-corrected chi connectivity index (χ1v) is 14.9. The van der Waals surface area contributed by atoms with E-state index in [0.29, 0.717) is 23.1 Å². The number of aliphatic carboxylic acids is 2. The predicted octanol–water partition coefficient (Wildman–Crippen LogP) is -0.0642. The zero-order valence-corrected chi connectivity index (χ0v) is 27.0. The number of benzene rings is 2. The van der Waals surface area contributed by atoms with Crippen molar-refractivity contribution in [2.45, 2.75) is 50.1 Å². The number of carboxylic acids is 2. The van der Waals surface area contributed by atoms with Crippen LogP contribution in [0.25, 0.3) is 0 Å². The summed E-state index contributed by atoms with van der Waals surface area (Å²) in [4.78, 5) is 36.7. The molecule has 0 spiro atoms. The number of halogens is 2. The van der Waals surface area contributed by atoms with Gasteiger partial charge in [-0.1, -0.05) is 36.0 Å². The van der Waals surface area contributed by atoms with Gasteiger partial charge in [-0.2, -0.15) is 9.98 Å². The fraction of sp³-hybridized carbons (Fsp3) is 0.357. The van der Waals surface area contributed by atoms with Crippen LogP contribution < -0.4 is 33.6 Å². The van der Waals surface area contributed by atoms with Crippen molar-refractivity contribution in [2.24, 2.45) is 42.9 Å². The number of guanidine groups is 4. The molecule has 2 aromatic carbocycles. The second kappa shape index (κ2) is 22.0. The van der Waals surface area contributed by atoms with Crippen LogP contribution in [-0.4, -0.2) is 104 Å². The van der Waals surface area contributed by atoms with E-state index in [2.05, 4.69) is 30.6 Å². The van der Waals surface area contributed by atoms with Gasteiger partial charge in [0.15, 0.2) is 12.2 Å². The summed E-state index contributed by atoms with van der Waals surface area (Å²) in [5.41, 5.74) is 24.8. The zero-order valence-electron chi connectivity index (χ0n) is 25.5. The van der Waals surface area contributed by atoms with Crippen LogP contribution in [0.4, 0.5) is 11.4 Å². The van der Waals surface area contributed by atoms with E-state index in [1.165, 1.54) is 0 Å². The van der Waals surface area contributed by atoms with E-state index in [9.17, 15) is 9.59 Å². The highest BCUT2D eigenvalue weighted by atomic mass is 35.5. The quantitative estimate of drug-likeness (QED) is 0.0693. The summed E-state index contributed by atoms with van der Waals surface area (Å²) in [7, 11) is 0. The minimum Gasteiger partial charge on any atom is -0.479 e. The molecule has 16 N–H and O–H groups in total. The summed E-state index contributed by atoms with van der Waals surface area (Å²) >= 11 is 11.7. The number of aliphatic hydroxyl groups excluding tert-OH is 4. The van der Waals surface area contributed by atoms with E-state index in [1.54, 1.807) is 48.5 Å². The zero-order chi connectivity index (χ0) is 36.2. The molecule has 0 aliphatic rings. The number of carbonyl (C=O) groups is 2. The number of rotatable bonds is 14. The topological polar surface area (TPSA) is 333 Å². The number of anilines is 2. The molecule has 0 bridgehead atoms. The first kappa shape index (κ1) is 41.3. The van der Waals surface area contributed by atoms with Gasteiger partial charge in [0.2, 0.25) is 23.8 Å². The third-order valence-electron chi connectivity index (χ3n) is 5.82. The number of hydrogen-bond donors (Lipinski definition) is 12. The number of aliphatic hydroxyl groups is 4. The second-order valence-corrected chi connectivity index (χ2v) is 10.6. The van der Waals surface area contributed by atoms with E-state index in [1.807, 2.05) is 0 Å². The van der Waals surface area contributed by atoms with Gasteiger partial charge in [0, 0.05) is 34.5 Å². The summed E-state index contributed by atoms with van der Waals surface area (Å²) in [5, 5.41) is 58.6. The van der Waals surface area contributed by atoms with Crippen molar-refractivity contribution in [2.75, 3.05) is 23.7 Å². The fourth-order valence-corrected chi connectivity index (χ4v) is 3.62. The molecule has 0 fully saturated rings. The Hall–Kier alpha value is -4.72. The van der Waals surface area contributed by atoms with Crippen molar-refractivity contribution in [3.05, 3.63) is 58.6 Å². The summed E-state index contributed by atoms with van der Waals surface area (Å²) in [6.45, 7) is 1.12. The number of hydrogen-bond acceptors (Lipinski definition) is 8. The molecule has 18 nitrogen and oxygen atoms in total. The molecule has 0 aliphatic carbocycles. The van der Waals surface area contributed by atoms with Gasteiger partial charge in [0.05, 0.1) is 0 Å². The van der Waals surface area contributed by atoms with E-state index in [0.717, 1.165) is 37.1 Å². The van der Waals surface area contributed by atoms with E-state index in [4.69, 9.17) is 76.8 Å². The standard InChI is InChI=1S/C22H30Cl2N10.C6H10O8/c23-15-5-9-17(10-6-15)31-21(27)33-19(25)29-13-3-1-2-4-14-30-20(26)34-22(28)32-18-11-7-16(24)8-12-18;7-1(3(9)5(11)12)2(8)4(10)6(13)14/h5-12H,1-4,13-14H2,(H5,25,27,29,31,33)(H5,26,28,30,32,34);1-4,7-10H,(H,11,12)(H,13,14). The van der Waals surface area contributed by atoms with Crippen LogP contribution in [0.3, 0.4) is 0 Å². The third kappa shape index (κ3) is 17.3. The summed E-state index contributed by atoms with van der Waals surface area (Å²) < 4.78 is 0. The Morgan fingerprint density at radius 2 is 0.917 bits per heavy atom. The molecular formula is C28H40Cl2N10O8. The number of nitrogens with zero attached hydrogens (tertiary/aromatic N) is 4. The van der Waals surface area contributed by atoms with Crippen molar-refractivity contribution in [3.63, 3.8) is 0 Å². The Kier molecular flexibility index (Phi) is 18.9. The monoisotopic (exact) mass is 714 g/mol. The summed E-state index contributed by atoms with van der Waals surface area (Å²) in [5.74, 6) is -3.11. The lowest BCUT2D eigenvalue weighted by atomic mass is 10.0. The first-order chi connectivity index (χ1) is 22.6. The fourth-order valence-electron chi connectivity index (χ4n) is 3.37. The number of unbranched alkanes of at least 4 members (excludes halogenated alkanes) is 3. The van der Waals surface area contributed by atoms with Gasteiger partial charge in [0.25, 0.3) is 0 Å². The lowest BCUT2D eigenvalue weighted by Crippen LogP contribution is -2.49. The normalized spacial score (nSPS) is 15.0. The van der Waals surface area contributed by atoms with Gasteiger partial charge in [0.1, 0.15) is 12.2 Å². The van der Waals surface area contributed by atoms with Crippen molar-refractivity contribution < 1.29 is 40.2 Å². The highest BCUT2D eigenvalue weighted by molar-refractivity contribution is 6.31. The maximum absolute atomic E-state index is 10.1. The molecule has 0 heterocycles. The maximum atomic E-state index is 10.1. The largest absolute Gasteiger partial charge is 0.479 e. The summed E-state index contributed by atoms with van der Waals surface area (Å²) in [6.07, 6.45) is -5.60. The Morgan fingerprint density at radius 1 is 0.604 bits per heavy atom. The number of carboxylic acid groups (broad SMARTS) is 2. The molecule has 0 saturated carbocycles. The first-order valence-electron chi connectivity index (χ1n) is 14.1. The lowest BCUT2D eigenvalue weighted by Gasteiger charge is -2.21.